The van der Waals surface area contributed by atoms with E-state index in [1.54, 1.807) is 42.6 Å². The summed E-state index contributed by atoms with van der Waals surface area (Å²) in [6.07, 6.45) is 1.56. The first-order valence-electron chi connectivity index (χ1n) is 8.77. The van der Waals surface area contributed by atoms with Gasteiger partial charge in [-0.1, -0.05) is 18.2 Å². The summed E-state index contributed by atoms with van der Waals surface area (Å²) in [6, 6.07) is 16.1. The summed E-state index contributed by atoms with van der Waals surface area (Å²) < 4.78 is 4.79. The first-order chi connectivity index (χ1) is 13.5. The van der Waals surface area contributed by atoms with Crippen LogP contribution in [-0.4, -0.2) is 24.0 Å². The number of ether oxygens (including phenoxy) is 1. The zero-order valence-electron chi connectivity index (χ0n) is 15.9. The molecule has 2 N–H and O–H groups in total. The van der Waals surface area contributed by atoms with Crippen molar-refractivity contribution in [3.63, 3.8) is 0 Å². The van der Waals surface area contributed by atoms with Crippen LogP contribution in [0.5, 0.6) is 0 Å². The number of anilines is 3. The van der Waals surface area contributed by atoms with Gasteiger partial charge in [0.05, 0.1) is 30.2 Å². The lowest BCUT2D eigenvalue weighted by Crippen LogP contribution is -2.12. The first-order valence-corrected chi connectivity index (χ1v) is 8.77. The second kappa shape index (κ2) is 8.35. The van der Waals surface area contributed by atoms with Gasteiger partial charge in [0.15, 0.2) is 0 Å². The molecule has 1 heterocycles. The van der Waals surface area contributed by atoms with Gasteiger partial charge >= 0.3 is 5.97 Å². The van der Waals surface area contributed by atoms with Crippen molar-refractivity contribution in [1.29, 1.82) is 0 Å². The first kappa shape index (κ1) is 19.1. The van der Waals surface area contributed by atoms with Crippen LogP contribution in [0, 0.1) is 13.8 Å². The third kappa shape index (κ3) is 4.35. The molecule has 6 heteroatoms. The number of methoxy groups -OCH3 is 1. The molecule has 0 aliphatic carbocycles. The van der Waals surface area contributed by atoms with Crippen molar-refractivity contribution < 1.29 is 14.3 Å². The number of benzene rings is 2. The molecular weight excluding hydrogens is 354 g/mol. The number of hydrogen-bond acceptors (Lipinski definition) is 5. The van der Waals surface area contributed by atoms with E-state index < -0.39 is 5.97 Å². The Balaban J connectivity index is 1.71. The molecule has 142 valence electrons. The Bertz CT molecular complexity index is 1010. The molecule has 0 aliphatic heterocycles. The fourth-order valence-electron chi connectivity index (χ4n) is 2.65. The minimum atomic E-state index is -0.430. The normalized spacial score (nSPS) is 10.2. The van der Waals surface area contributed by atoms with E-state index in [9.17, 15) is 9.59 Å². The highest BCUT2D eigenvalue weighted by atomic mass is 16.5. The van der Waals surface area contributed by atoms with E-state index in [1.165, 1.54) is 7.11 Å². The smallest absolute Gasteiger partial charge is 0.339 e. The minimum Gasteiger partial charge on any atom is -0.465 e. The number of pyridine rings is 1. The summed E-state index contributed by atoms with van der Waals surface area (Å²) >= 11 is 0. The molecule has 0 saturated carbocycles. The summed E-state index contributed by atoms with van der Waals surface area (Å²) in [5, 5.41) is 5.92. The highest BCUT2D eigenvalue weighted by molar-refractivity contribution is 6.04. The third-order valence-corrected chi connectivity index (χ3v) is 4.39. The van der Waals surface area contributed by atoms with E-state index in [1.807, 2.05) is 32.0 Å². The number of nitrogens with one attached hydrogen (secondary N) is 2. The molecule has 3 aromatic rings. The fourth-order valence-corrected chi connectivity index (χ4v) is 2.65. The quantitative estimate of drug-likeness (QED) is 0.643. The molecule has 0 unspecified atom stereocenters. The Morgan fingerprint density at radius 3 is 2.43 bits per heavy atom. The third-order valence-electron chi connectivity index (χ3n) is 4.39. The van der Waals surface area contributed by atoms with Crippen molar-refractivity contribution in [2.45, 2.75) is 13.8 Å². The number of carbonyl (C=O) groups is 2. The topological polar surface area (TPSA) is 80.3 Å². The maximum atomic E-state index is 12.4. The molecule has 6 nitrogen and oxygen atoms in total. The van der Waals surface area contributed by atoms with Gasteiger partial charge in [-0.25, -0.2) is 9.78 Å². The van der Waals surface area contributed by atoms with E-state index in [2.05, 4.69) is 15.6 Å². The van der Waals surface area contributed by atoms with Crippen LogP contribution in [0.2, 0.25) is 0 Å². The number of rotatable bonds is 5. The monoisotopic (exact) mass is 375 g/mol. The number of nitrogens with zero attached hydrogens (tertiary/aromatic N) is 1. The van der Waals surface area contributed by atoms with Gasteiger partial charge in [-0.15, -0.1) is 0 Å². The average molecular weight is 375 g/mol. The van der Waals surface area contributed by atoms with Crippen molar-refractivity contribution in [3.05, 3.63) is 83.0 Å². The SMILES string of the molecule is COC(=O)c1ccccc1Nc1ccc(NC(=O)c2ccc(C)c(C)c2)cn1. The lowest BCUT2D eigenvalue weighted by Gasteiger charge is -2.11. The molecule has 0 aliphatic rings. The van der Waals surface area contributed by atoms with Crippen LogP contribution >= 0.6 is 0 Å². The Hall–Kier alpha value is -3.67. The number of aromatic nitrogens is 1. The number of aryl methyl sites for hydroxylation is 2. The Morgan fingerprint density at radius 1 is 0.964 bits per heavy atom. The summed E-state index contributed by atoms with van der Waals surface area (Å²) in [6.45, 7) is 3.98. The second-order valence-corrected chi connectivity index (χ2v) is 6.35. The molecular formula is C22H21N3O3. The van der Waals surface area contributed by atoms with E-state index in [0.29, 0.717) is 28.3 Å². The van der Waals surface area contributed by atoms with Crippen LogP contribution in [0.3, 0.4) is 0 Å². The molecule has 0 radical (unpaired) electrons. The molecule has 3 rings (SSSR count). The molecule has 1 aromatic heterocycles. The number of amides is 1. The minimum absolute atomic E-state index is 0.193. The maximum absolute atomic E-state index is 12.4. The zero-order chi connectivity index (χ0) is 20.1. The van der Waals surface area contributed by atoms with Crippen LogP contribution in [0.4, 0.5) is 17.2 Å². The van der Waals surface area contributed by atoms with Crippen LogP contribution in [0.1, 0.15) is 31.8 Å². The predicted molar refractivity (Wildman–Crippen MR) is 109 cm³/mol. The van der Waals surface area contributed by atoms with Crippen molar-refractivity contribution in [1.82, 2.24) is 4.98 Å². The van der Waals surface area contributed by atoms with Crippen molar-refractivity contribution in [2.75, 3.05) is 17.7 Å². The van der Waals surface area contributed by atoms with Gasteiger partial charge in [0.1, 0.15) is 5.82 Å². The lowest BCUT2D eigenvalue weighted by atomic mass is 10.1. The van der Waals surface area contributed by atoms with E-state index in [4.69, 9.17) is 4.74 Å². The van der Waals surface area contributed by atoms with Crippen LogP contribution in [0.15, 0.2) is 60.8 Å². The molecule has 0 saturated heterocycles. The fraction of sp³-hybridized carbons (Fsp3) is 0.136. The number of para-hydroxylation sites is 1. The maximum Gasteiger partial charge on any atom is 0.339 e. The Morgan fingerprint density at radius 2 is 1.75 bits per heavy atom. The van der Waals surface area contributed by atoms with Crippen molar-refractivity contribution in [2.24, 2.45) is 0 Å². The van der Waals surface area contributed by atoms with Gasteiger partial charge in [0.2, 0.25) is 0 Å². The van der Waals surface area contributed by atoms with Crippen LogP contribution in [0.25, 0.3) is 0 Å². The van der Waals surface area contributed by atoms with Gasteiger partial charge < -0.3 is 15.4 Å². The summed E-state index contributed by atoms with van der Waals surface area (Å²) in [4.78, 5) is 28.6. The van der Waals surface area contributed by atoms with Gasteiger partial charge in [0, 0.05) is 5.56 Å². The highest BCUT2D eigenvalue weighted by Gasteiger charge is 2.12. The summed E-state index contributed by atoms with van der Waals surface area (Å²) in [7, 11) is 1.34. The van der Waals surface area contributed by atoms with Gasteiger partial charge in [-0.2, -0.15) is 0 Å². The molecule has 0 spiro atoms. The Labute approximate surface area is 163 Å². The van der Waals surface area contributed by atoms with E-state index >= 15 is 0 Å². The summed E-state index contributed by atoms with van der Waals surface area (Å²) in [5.74, 6) is -0.0810. The number of esters is 1. The molecule has 0 atom stereocenters. The second-order valence-electron chi connectivity index (χ2n) is 6.35. The number of hydrogen-bond donors (Lipinski definition) is 2. The predicted octanol–water partition coefficient (Wildman–Crippen LogP) is 4.48. The largest absolute Gasteiger partial charge is 0.465 e. The average Bonchev–Trinajstić information content (AvgIpc) is 2.71. The number of carbonyl (C=O) groups excluding carboxylic acids is 2. The van der Waals surface area contributed by atoms with Gasteiger partial charge in [-0.3, -0.25) is 4.79 Å². The molecule has 28 heavy (non-hydrogen) atoms. The van der Waals surface area contributed by atoms with Crippen molar-refractivity contribution >= 4 is 29.1 Å². The zero-order valence-corrected chi connectivity index (χ0v) is 15.9. The molecule has 0 fully saturated rings. The molecule has 2 aromatic carbocycles. The van der Waals surface area contributed by atoms with E-state index in [0.717, 1.165) is 11.1 Å². The Kier molecular flexibility index (Phi) is 5.69. The van der Waals surface area contributed by atoms with Crippen molar-refractivity contribution in [3.8, 4) is 0 Å². The van der Waals surface area contributed by atoms with E-state index in [-0.39, 0.29) is 5.91 Å². The van der Waals surface area contributed by atoms with Crippen LogP contribution < -0.4 is 10.6 Å². The van der Waals surface area contributed by atoms with Gasteiger partial charge in [0.25, 0.3) is 5.91 Å². The highest BCUT2D eigenvalue weighted by Crippen LogP contribution is 2.21. The molecule has 1 amide bonds. The lowest BCUT2D eigenvalue weighted by molar-refractivity contribution is 0.0601. The standard InChI is InChI=1S/C22H21N3O3/c1-14-8-9-16(12-15(14)2)21(26)24-17-10-11-20(23-13-17)25-19-7-5-4-6-18(19)22(27)28-3/h4-13H,1-3H3,(H,23,25)(H,24,26). The van der Waals surface area contributed by atoms with Gasteiger partial charge in [-0.05, 0) is 61.4 Å². The van der Waals surface area contributed by atoms with Crippen LogP contribution in [-0.2, 0) is 4.74 Å². The molecule has 0 bridgehead atoms. The summed E-state index contributed by atoms with van der Waals surface area (Å²) in [5.41, 5.74) is 4.38.